The maximum absolute atomic E-state index is 12.4. The fraction of sp³-hybridized carbons (Fsp3) is 0.462. The molecule has 1 aromatic rings. The number of rotatable bonds is 3. The summed E-state index contributed by atoms with van der Waals surface area (Å²) in [7, 11) is 1.50. The van der Waals surface area contributed by atoms with Gasteiger partial charge < -0.3 is 10.1 Å². The van der Waals surface area contributed by atoms with Crippen molar-refractivity contribution in [2.45, 2.75) is 30.7 Å². The van der Waals surface area contributed by atoms with Crippen LogP contribution >= 0.6 is 26.6 Å². The Morgan fingerprint density at radius 3 is 2.57 bits per heavy atom. The Labute approximate surface area is 136 Å². The van der Waals surface area contributed by atoms with Gasteiger partial charge in [0, 0.05) is 40.0 Å². The van der Waals surface area contributed by atoms with Crippen LogP contribution < -0.4 is 5.32 Å². The number of ether oxygens (including phenoxy) is 1. The molecule has 0 atom stereocenters. The zero-order chi connectivity index (χ0) is 15.6. The van der Waals surface area contributed by atoms with Gasteiger partial charge >= 0.3 is 0 Å². The molecule has 1 saturated heterocycles. The Hall–Kier alpha value is -0.630. The second kappa shape index (κ2) is 6.64. The van der Waals surface area contributed by atoms with E-state index < -0.39 is 9.05 Å². The van der Waals surface area contributed by atoms with Crippen LogP contribution in [0.5, 0.6) is 0 Å². The molecule has 1 aromatic carbocycles. The van der Waals surface area contributed by atoms with Crippen molar-refractivity contribution < 1.29 is 17.9 Å². The van der Waals surface area contributed by atoms with Crippen LogP contribution in [0.3, 0.4) is 0 Å². The first-order valence-electron chi connectivity index (χ1n) is 6.42. The van der Waals surface area contributed by atoms with Crippen LogP contribution in [-0.2, 0) is 13.8 Å². The van der Waals surface area contributed by atoms with Crippen molar-refractivity contribution in [2.75, 3.05) is 13.2 Å². The van der Waals surface area contributed by atoms with Gasteiger partial charge in [0.1, 0.15) is 0 Å². The molecule has 21 heavy (non-hydrogen) atoms. The molecule has 2 rings (SSSR count). The molecule has 8 heteroatoms. The summed E-state index contributed by atoms with van der Waals surface area (Å²) in [6.07, 6.45) is 1.50. The van der Waals surface area contributed by atoms with E-state index >= 15 is 0 Å². The van der Waals surface area contributed by atoms with Crippen molar-refractivity contribution in [1.29, 1.82) is 0 Å². The first kappa shape index (κ1) is 16.7. The van der Waals surface area contributed by atoms with E-state index in [1.807, 2.05) is 0 Å². The van der Waals surface area contributed by atoms with Crippen molar-refractivity contribution in [3.8, 4) is 0 Å². The Kier molecular flexibility index (Phi) is 5.29. The van der Waals surface area contributed by atoms with Gasteiger partial charge in [0.05, 0.1) is 4.90 Å². The zero-order valence-electron chi connectivity index (χ0n) is 11.4. The summed E-state index contributed by atoms with van der Waals surface area (Å²) in [6, 6.07) is 3.03. The van der Waals surface area contributed by atoms with E-state index in [0.29, 0.717) is 28.8 Å². The van der Waals surface area contributed by atoms with Crippen molar-refractivity contribution in [3.63, 3.8) is 0 Å². The molecule has 0 saturated carbocycles. The second-order valence-corrected chi connectivity index (χ2v) is 8.32. The molecule has 0 radical (unpaired) electrons. The van der Waals surface area contributed by atoms with Crippen LogP contribution in [0, 0.1) is 6.92 Å². The normalized spacial score (nSPS) is 16.7. The second-order valence-electron chi connectivity index (χ2n) is 4.87. The number of hydrogen-bond donors (Lipinski definition) is 1. The molecule has 1 amide bonds. The number of halogens is 2. The lowest BCUT2D eigenvalue weighted by molar-refractivity contribution is 0.0696. The van der Waals surface area contributed by atoms with E-state index in [-0.39, 0.29) is 16.8 Å². The lowest BCUT2D eigenvalue weighted by Crippen LogP contribution is -2.39. The van der Waals surface area contributed by atoms with E-state index in [4.69, 9.17) is 15.4 Å². The SMILES string of the molecule is Cc1c(C(=O)NC2CCOCC2)cc(Br)cc1S(=O)(=O)Cl. The van der Waals surface area contributed by atoms with E-state index in [1.165, 1.54) is 6.07 Å². The van der Waals surface area contributed by atoms with Crippen molar-refractivity contribution in [2.24, 2.45) is 0 Å². The molecule has 0 unspecified atom stereocenters. The van der Waals surface area contributed by atoms with Crippen LogP contribution in [0.2, 0.25) is 0 Å². The van der Waals surface area contributed by atoms with Crippen LogP contribution in [0.25, 0.3) is 0 Å². The molecule has 0 aromatic heterocycles. The van der Waals surface area contributed by atoms with Crippen LogP contribution in [0.1, 0.15) is 28.8 Å². The lowest BCUT2D eigenvalue weighted by Gasteiger charge is -2.23. The minimum Gasteiger partial charge on any atom is -0.381 e. The monoisotopic (exact) mass is 395 g/mol. The number of carbonyl (C=O) groups excluding carboxylic acids is 1. The quantitative estimate of drug-likeness (QED) is 0.797. The fourth-order valence-corrected chi connectivity index (χ4v) is 4.08. The van der Waals surface area contributed by atoms with Crippen molar-refractivity contribution in [3.05, 3.63) is 27.7 Å². The summed E-state index contributed by atoms with van der Waals surface area (Å²) < 4.78 is 28.9. The average Bonchev–Trinajstić information content (AvgIpc) is 2.40. The van der Waals surface area contributed by atoms with E-state index in [1.54, 1.807) is 13.0 Å². The highest BCUT2D eigenvalue weighted by Gasteiger charge is 2.23. The van der Waals surface area contributed by atoms with Crippen molar-refractivity contribution >= 4 is 41.6 Å². The van der Waals surface area contributed by atoms with Gasteiger partial charge in [0.15, 0.2) is 0 Å². The Morgan fingerprint density at radius 1 is 1.38 bits per heavy atom. The first-order valence-corrected chi connectivity index (χ1v) is 9.52. The Morgan fingerprint density at radius 2 is 2.00 bits per heavy atom. The van der Waals surface area contributed by atoms with Crippen LogP contribution in [-0.4, -0.2) is 33.6 Å². The van der Waals surface area contributed by atoms with E-state index in [2.05, 4.69) is 21.2 Å². The number of benzene rings is 1. The Bertz CT molecular complexity index is 656. The van der Waals surface area contributed by atoms with Gasteiger partial charge in [-0.15, -0.1) is 0 Å². The third-order valence-corrected chi connectivity index (χ3v) is 5.29. The molecule has 1 aliphatic heterocycles. The largest absolute Gasteiger partial charge is 0.381 e. The third kappa shape index (κ3) is 4.18. The molecule has 1 N–H and O–H groups in total. The van der Waals surface area contributed by atoms with Gasteiger partial charge in [0.2, 0.25) is 0 Å². The minimum atomic E-state index is -3.90. The van der Waals surface area contributed by atoms with E-state index in [9.17, 15) is 13.2 Å². The maximum Gasteiger partial charge on any atom is 0.261 e. The molecule has 0 aliphatic carbocycles. The minimum absolute atomic E-state index is 0.0423. The predicted octanol–water partition coefficient (Wildman–Crippen LogP) is 2.59. The Balaban J connectivity index is 2.30. The van der Waals surface area contributed by atoms with Gasteiger partial charge in [-0.05, 0) is 37.5 Å². The maximum atomic E-state index is 12.4. The fourth-order valence-electron chi connectivity index (χ4n) is 2.25. The van der Waals surface area contributed by atoms with Gasteiger partial charge in [-0.1, -0.05) is 15.9 Å². The molecular formula is C13H15BrClNO4S. The summed E-state index contributed by atoms with van der Waals surface area (Å²) >= 11 is 3.21. The molecule has 116 valence electrons. The number of nitrogens with one attached hydrogen (secondary N) is 1. The highest BCUT2D eigenvalue weighted by atomic mass is 79.9. The molecule has 0 spiro atoms. The van der Waals surface area contributed by atoms with Gasteiger partial charge in [0.25, 0.3) is 15.0 Å². The topological polar surface area (TPSA) is 72.5 Å². The molecule has 1 fully saturated rings. The highest BCUT2D eigenvalue weighted by molar-refractivity contribution is 9.10. The molecular weight excluding hydrogens is 382 g/mol. The first-order chi connectivity index (χ1) is 9.79. The third-order valence-electron chi connectivity index (χ3n) is 3.39. The van der Waals surface area contributed by atoms with Gasteiger partial charge in [-0.25, -0.2) is 8.42 Å². The summed E-state index contributed by atoms with van der Waals surface area (Å²) in [5.74, 6) is -0.303. The molecule has 1 heterocycles. The van der Waals surface area contributed by atoms with Crippen molar-refractivity contribution in [1.82, 2.24) is 5.32 Å². The van der Waals surface area contributed by atoms with Crippen LogP contribution in [0.4, 0.5) is 0 Å². The van der Waals surface area contributed by atoms with Gasteiger partial charge in [-0.2, -0.15) is 0 Å². The molecule has 1 aliphatic rings. The summed E-state index contributed by atoms with van der Waals surface area (Å²) in [5.41, 5.74) is 0.646. The summed E-state index contributed by atoms with van der Waals surface area (Å²) in [5, 5.41) is 2.90. The number of amides is 1. The standard InChI is InChI=1S/C13H15BrClNO4S/c1-8-11(6-9(14)7-12(8)21(15,18)19)13(17)16-10-2-4-20-5-3-10/h6-7,10H,2-5H2,1H3,(H,16,17). The predicted molar refractivity (Wildman–Crippen MR) is 83.2 cm³/mol. The van der Waals surface area contributed by atoms with E-state index in [0.717, 1.165) is 12.8 Å². The highest BCUT2D eigenvalue weighted by Crippen LogP contribution is 2.27. The number of hydrogen-bond acceptors (Lipinski definition) is 4. The number of carbonyl (C=O) groups is 1. The summed E-state index contributed by atoms with van der Waals surface area (Å²) in [6.45, 7) is 2.80. The molecule has 5 nitrogen and oxygen atoms in total. The lowest BCUT2D eigenvalue weighted by atomic mass is 10.1. The zero-order valence-corrected chi connectivity index (χ0v) is 14.5. The summed E-state index contributed by atoms with van der Waals surface area (Å²) in [4.78, 5) is 12.3. The van der Waals surface area contributed by atoms with Crippen LogP contribution in [0.15, 0.2) is 21.5 Å². The van der Waals surface area contributed by atoms with Gasteiger partial charge in [-0.3, -0.25) is 4.79 Å². The smallest absolute Gasteiger partial charge is 0.261 e. The molecule has 0 bridgehead atoms. The average molecular weight is 397 g/mol.